The second-order valence-corrected chi connectivity index (χ2v) is 6.11. The van der Waals surface area contributed by atoms with E-state index in [-0.39, 0.29) is 30.6 Å². The number of hydrazine groups is 1. The predicted molar refractivity (Wildman–Crippen MR) is 71.5 cm³/mol. The zero-order chi connectivity index (χ0) is 14.2. The van der Waals surface area contributed by atoms with Gasteiger partial charge in [-0.05, 0) is 19.3 Å². The summed E-state index contributed by atoms with van der Waals surface area (Å²) in [4.78, 5) is 12.1. The number of hydrogen-bond acceptors (Lipinski definition) is 5. The average molecular weight is 284 g/mol. The Morgan fingerprint density at radius 3 is 2.85 bits per heavy atom. The number of aliphatic hydroxyl groups excluding tert-OH is 1. The molecule has 2 heterocycles. The van der Waals surface area contributed by atoms with Crippen LogP contribution in [0.15, 0.2) is 0 Å². The molecular formula is C14H24N2O4. The zero-order valence-corrected chi connectivity index (χ0v) is 12.0. The molecule has 2 N–H and O–H groups in total. The molecule has 1 spiro atoms. The Labute approximate surface area is 119 Å². The fourth-order valence-corrected chi connectivity index (χ4v) is 3.67. The molecular weight excluding hydrogens is 260 g/mol. The fourth-order valence-electron chi connectivity index (χ4n) is 3.67. The van der Waals surface area contributed by atoms with E-state index in [0.29, 0.717) is 13.0 Å². The molecule has 0 bridgehead atoms. The first-order chi connectivity index (χ1) is 9.65. The van der Waals surface area contributed by atoms with Gasteiger partial charge in [-0.25, -0.2) is 5.43 Å². The van der Waals surface area contributed by atoms with Gasteiger partial charge in [-0.1, -0.05) is 6.42 Å². The van der Waals surface area contributed by atoms with Crippen LogP contribution in [0.3, 0.4) is 0 Å². The lowest BCUT2D eigenvalue weighted by Crippen LogP contribution is -2.45. The number of carbonyl (C=O) groups is 1. The third-order valence-electron chi connectivity index (χ3n) is 4.76. The van der Waals surface area contributed by atoms with Gasteiger partial charge in [-0.15, -0.1) is 0 Å². The predicted octanol–water partition coefficient (Wildman–Crippen LogP) is 0.406. The van der Waals surface area contributed by atoms with Gasteiger partial charge < -0.3 is 14.6 Å². The van der Waals surface area contributed by atoms with Crippen LogP contribution in [0.5, 0.6) is 0 Å². The van der Waals surface area contributed by atoms with E-state index in [4.69, 9.17) is 14.6 Å². The smallest absolute Gasteiger partial charge is 0.241 e. The number of nitrogens with zero attached hydrogens (tertiary/aromatic N) is 1. The summed E-state index contributed by atoms with van der Waals surface area (Å²) in [6, 6.07) is -0.0963. The molecule has 20 heavy (non-hydrogen) atoms. The summed E-state index contributed by atoms with van der Waals surface area (Å²) in [5.74, 6) is -0.618. The summed E-state index contributed by atoms with van der Waals surface area (Å²) in [5.41, 5.74) is 3.17. The highest BCUT2D eigenvalue weighted by Crippen LogP contribution is 2.40. The molecule has 1 saturated carbocycles. The van der Waals surface area contributed by atoms with E-state index in [1.54, 1.807) is 7.05 Å². The topological polar surface area (TPSA) is 71.0 Å². The van der Waals surface area contributed by atoms with Gasteiger partial charge >= 0.3 is 0 Å². The molecule has 1 unspecified atom stereocenters. The fraction of sp³-hybridized carbons (Fsp3) is 0.929. The monoisotopic (exact) mass is 284 g/mol. The maximum absolute atomic E-state index is 12.1. The number of nitrogens with one attached hydrogen (secondary N) is 1. The van der Waals surface area contributed by atoms with Crippen molar-refractivity contribution < 1.29 is 19.4 Å². The van der Waals surface area contributed by atoms with E-state index < -0.39 is 5.79 Å². The third-order valence-corrected chi connectivity index (χ3v) is 4.76. The first kappa shape index (κ1) is 14.3. The SMILES string of the molecule is CN1N[C@@H]([C@H]2COC3(CCCCC3)O2)C(CCO)C1=O. The zero-order valence-electron chi connectivity index (χ0n) is 12.0. The van der Waals surface area contributed by atoms with E-state index >= 15 is 0 Å². The first-order valence-electron chi connectivity index (χ1n) is 7.62. The van der Waals surface area contributed by atoms with Crippen molar-refractivity contribution in [1.29, 1.82) is 0 Å². The molecule has 114 valence electrons. The summed E-state index contributed by atoms with van der Waals surface area (Å²) in [5, 5.41) is 10.7. The Balaban J connectivity index is 1.68. The van der Waals surface area contributed by atoms with Crippen molar-refractivity contribution in [2.45, 2.75) is 56.5 Å². The Hall–Kier alpha value is -0.690. The van der Waals surface area contributed by atoms with Crippen LogP contribution >= 0.6 is 0 Å². The molecule has 6 nitrogen and oxygen atoms in total. The summed E-state index contributed by atoms with van der Waals surface area (Å²) < 4.78 is 12.2. The van der Waals surface area contributed by atoms with E-state index in [1.165, 1.54) is 11.4 Å². The maximum atomic E-state index is 12.1. The molecule has 0 radical (unpaired) electrons. The van der Waals surface area contributed by atoms with Gasteiger partial charge in [0.2, 0.25) is 5.91 Å². The van der Waals surface area contributed by atoms with Crippen molar-refractivity contribution in [2.75, 3.05) is 20.3 Å². The van der Waals surface area contributed by atoms with Crippen LogP contribution < -0.4 is 5.43 Å². The minimum absolute atomic E-state index is 0.0150. The van der Waals surface area contributed by atoms with Gasteiger partial charge in [0.25, 0.3) is 0 Å². The molecule has 3 rings (SSSR count). The van der Waals surface area contributed by atoms with Gasteiger partial charge in [0.05, 0.1) is 18.6 Å². The highest BCUT2D eigenvalue weighted by atomic mass is 16.7. The average Bonchev–Trinajstić information content (AvgIpc) is 2.97. The minimum atomic E-state index is -0.418. The van der Waals surface area contributed by atoms with Crippen LogP contribution in [0.4, 0.5) is 0 Å². The lowest BCUT2D eigenvalue weighted by atomic mass is 9.93. The van der Waals surface area contributed by atoms with Crippen molar-refractivity contribution in [3.8, 4) is 0 Å². The largest absolute Gasteiger partial charge is 0.396 e. The quantitative estimate of drug-likeness (QED) is 0.785. The second kappa shape index (κ2) is 5.60. The summed E-state index contributed by atoms with van der Waals surface area (Å²) >= 11 is 0. The van der Waals surface area contributed by atoms with E-state index in [0.717, 1.165) is 25.7 Å². The minimum Gasteiger partial charge on any atom is -0.396 e. The van der Waals surface area contributed by atoms with Crippen molar-refractivity contribution in [3.05, 3.63) is 0 Å². The van der Waals surface area contributed by atoms with Crippen LogP contribution in [-0.4, -0.2) is 54.2 Å². The molecule has 2 saturated heterocycles. The molecule has 1 aliphatic carbocycles. The maximum Gasteiger partial charge on any atom is 0.241 e. The molecule has 3 aliphatic rings. The third kappa shape index (κ3) is 2.45. The number of ether oxygens (including phenoxy) is 2. The number of rotatable bonds is 3. The molecule has 3 fully saturated rings. The van der Waals surface area contributed by atoms with E-state index in [9.17, 15) is 4.79 Å². The number of aliphatic hydroxyl groups is 1. The Morgan fingerprint density at radius 2 is 2.15 bits per heavy atom. The summed E-state index contributed by atoms with van der Waals surface area (Å²) in [6.45, 7) is 0.544. The summed E-state index contributed by atoms with van der Waals surface area (Å²) in [7, 11) is 1.72. The van der Waals surface area contributed by atoms with E-state index in [2.05, 4.69) is 5.43 Å². The highest BCUT2D eigenvalue weighted by Gasteiger charge is 2.50. The molecule has 1 amide bonds. The van der Waals surface area contributed by atoms with Crippen LogP contribution in [-0.2, 0) is 14.3 Å². The van der Waals surface area contributed by atoms with Gasteiger partial charge in [0, 0.05) is 26.5 Å². The van der Waals surface area contributed by atoms with Crippen LogP contribution in [0.1, 0.15) is 38.5 Å². The first-order valence-corrected chi connectivity index (χ1v) is 7.62. The lowest BCUT2D eigenvalue weighted by molar-refractivity contribution is -0.190. The molecule has 6 heteroatoms. The van der Waals surface area contributed by atoms with E-state index in [1.807, 2.05) is 0 Å². The standard InChI is InChI=1S/C14H24N2O4/c1-16-13(18)10(5-8-17)12(15-16)11-9-19-14(20-11)6-3-2-4-7-14/h10-12,15,17H,2-9H2,1H3/t10?,11-,12-/m1/s1. The van der Waals surface area contributed by atoms with Gasteiger partial charge in [0.1, 0.15) is 6.10 Å². The Kier molecular flexibility index (Phi) is 3.99. The van der Waals surface area contributed by atoms with Crippen LogP contribution in [0.25, 0.3) is 0 Å². The van der Waals surface area contributed by atoms with Crippen LogP contribution in [0.2, 0.25) is 0 Å². The molecule has 0 aromatic carbocycles. The van der Waals surface area contributed by atoms with Crippen molar-refractivity contribution in [1.82, 2.24) is 10.4 Å². The lowest BCUT2D eigenvalue weighted by Gasteiger charge is -2.32. The van der Waals surface area contributed by atoms with Gasteiger partial charge in [-0.2, -0.15) is 0 Å². The highest BCUT2D eigenvalue weighted by molar-refractivity contribution is 5.81. The normalized spacial score (nSPS) is 37.0. The van der Waals surface area contributed by atoms with Crippen molar-refractivity contribution in [2.24, 2.45) is 5.92 Å². The molecule has 3 atom stereocenters. The van der Waals surface area contributed by atoms with Crippen LogP contribution in [0, 0.1) is 5.92 Å². The number of carbonyl (C=O) groups excluding carboxylic acids is 1. The Bertz CT molecular complexity index is 370. The second-order valence-electron chi connectivity index (χ2n) is 6.11. The Morgan fingerprint density at radius 1 is 1.40 bits per heavy atom. The number of amides is 1. The van der Waals surface area contributed by atoms with Gasteiger partial charge in [-0.3, -0.25) is 9.80 Å². The molecule has 0 aromatic heterocycles. The number of hydrogen-bond donors (Lipinski definition) is 2. The van der Waals surface area contributed by atoms with Gasteiger partial charge in [0.15, 0.2) is 5.79 Å². The van der Waals surface area contributed by atoms with Crippen molar-refractivity contribution in [3.63, 3.8) is 0 Å². The molecule has 2 aliphatic heterocycles. The van der Waals surface area contributed by atoms with Crippen molar-refractivity contribution >= 4 is 5.91 Å². The summed E-state index contributed by atoms with van der Waals surface area (Å²) in [6.07, 6.45) is 5.78. The molecule has 0 aromatic rings.